The van der Waals surface area contributed by atoms with Crippen molar-refractivity contribution in [3.63, 3.8) is 0 Å². The number of anilines is 2. The topological polar surface area (TPSA) is 120 Å². The first-order valence-electron chi connectivity index (χ1n) is 9.42. The second-order valence-corrected chi connectivity index (χ2v) is 8.65. The minimum atomic E-state index is -3.84. The standard InChI is InChI=1S/C20H22N6O4S/c1-13-18(12-26(25(13)2)14-7-5-4-6-8-14)24-31(28,29)15-9-10-16-17(11-15)22-19(21-16)23-20(27)30-3/h4-11,24H,12H2,1-3H3,(H2,21,22,23,27). The Kier molecular flexibility index (Phi) is 5.19. The lowest BCUT2D eigenvalue weighted by Gasteiger charge is -2.29. The molecule has 162 valence electrons. The molecule has 11 heteroatoms. The van der Waals surface area contributed by atoms with Crippen LogP contribution in [0.1, 0.15) is 6.92 Å². The van der Waals surface area contributed by atoms with Crippen molar-refractivity contribution >= 4 is 38.8 Å². The zero-order valence-electron chi connectivity index (χ0n) is 17.2. The number of sulfonamides is 1. The SMILES string of the molecule is COC(=O)Nc1nc2ccc(S(=O)(=O)NC3=C(C)N(C)N(c4ccccc4)C3)cc2[nH]1. The number of ether oxygens (including phenoxy) is 1. The van der Waals surface area contributed by atoms with Gasteiger partial charge in [-0.15, -0.1) is 0 Å². The third-order valence-electron chi connectivity index (χ3n) is 5.07. The fraction of sp³-hybridized carbons (Fsp3) is 0.200. The van der Waals surface area contributed by atoms with E-state index in [0.717, 1.165) is 11.4 Å². The van der Waals surface area contributed by atoms with Crippen molar-refractivity contribution in [1.29, 1.82) is 0 Å². The molecule has 1 aliphatic rings. The predicted molar refractivity (Wildman–Crippen MR) is 117 cm³/mol. The van der Waals surface area contributed by atoms with Gasteiger partial charge in [-0.1, -0.05) is 18.2 Å². The summed E-state index contributed by atoms with van der Waals surface area (Å²) >= 11 is 0. The number of fused-ring (bicyclic) bond motifs is 1. The van der Waals surface area contributed by atoms with Gasteiger partial charge in [0.25, 0.3) is 10.0 Å². The molecule has 3 N–H and O–H groups in total. The number of hydrazine groups is 1. The van der Waals surface area contributed by atoms with Gasteiger partial charge in [-0.25, -0.2) is 18.2 Å². The summed E-state index contributed by atoms with van der Waals surface area (Å²) in [6.07, 6.45) is -0.677. The first-order valence-corrected chi connectivity index (χ1v) is 10.9. The molecule has 0 saturated carbocycles. The van der Waals surface area contributed by atoms with Crippen LogP contribution in [0.25, 0.3) is 11.0 Å². The number of aromatic amines is 1. The Morgan fingerprint density at radius 2 is 1.94 bits per heavy atom. The number of benzene rings is 2. The first kappa shape index (κ1) is 20.5. The van der Waals surface area contributed by atoms with Gasteiger partial charge in [-0.2, -0.15) is 0 Å². The van der Waals surface area contributed by atoms with E-state index in [1.165, 1.54) is 19.2 Å². The van der Waals surface area contributed by atoms with Crippen LogP contribution in [0.15, 0.2) is 64.8 Å². The molecule has 0 atom stereocenters. The Morgan fingerprint density at radius 3 is 2.65 bits per heavy atom. The summed E-state index contributed by atoms with van der Waals surface area (Å²) in [5, 5.41) is 6.31. The van der Waals surface area contributed by atoms with Crippen molar-refractivity contribution in [2.45, 2.75) is 11.8 Å². The number of hydrogen-bond donors (Lipinski definition) is 3. The molecule has 4 rings (SSSR count). The fourth-order valence-electron chi connectivity index (χ4n) is 3.30. The molecule has 0 saturated heterocycles. The summed E-state index contributed by atoms with van der Waals surface area (Å²) in [7, 11) is -0.711. The molecule has 0 unspecified atom stereocenters. The Bertz CT molecular complexity index is 1270. The van der Waals surface area contributed by atoms with Gasteiger partial charge in [0.15, 0.2) is 0 Å². The molecule has 3 aromatic rings. The Hall–Kier alpha value is -3.73. The van der Waals surface area contributed by atoms with Crippen molar-refractivity contribution < 1.29 is 17.9 Å². The Morgan fingerprint density at radius 1 is 1.19 bits per heavy atom. The molecular formula is C20H22N6O4S. The van der Waals surface area contributed by atoms with Gasteiger partial charge in [0.1, 0.15) is 0 Å². The number of allylic oxidation sites excluding steroid dienone is 1. The molecule has 0 radical (unpaired) electrons. The normalized spacial score (nSPS) is 14.3. The zero-order valence-corrected chi connectivity index (χ0v) is 18.0. The van der Waals surface area contributed by atoms with Gasteiger partial charge in [-0.3, -0.25) is 20.1 Å². The number of amides is 1. The Balaban J connectivity index is 1.57. The van der Waals surface area contributed by atoms with E-state index >= 15 is 0 Å². The highest BCUT2D eigenvalue weighted by Crippen LogP contribution is 2.27. The summed E-state index contributed by atoms with van der Waals surface area (Å²) in [5.41, 5.74) is 3.33. The first-order chi connectivity index (χ1) is 14.8. The molecule has 1 amide bonds. The highest BCUT2D eigenvalue weighted by Gasteiger charge is 2.28. The van der Waals surface area contributed by atoms with E-state index < -0.39 is 16.1 Å². The van der Waals surface area contributed by atoms with Crippen molar-refractivity contribution in [1.82, 2.24) is 19.7 Å². The number of methoxy groups -OCH3 is 1. The van der Waals surface area contributed by atoms with Crippen LogP contribution < -0.4 is 15.0 Å². The fourth-order valence-corrected chi connectivity index (χ4v) is 4.48. The van der Waals surface area contributed by atoms with E-state index in [0.29, 0.717) is 23.3 Å². The van der Waals surface area contributed by atoms with E-state index in [2.05, 4.69) is 24.7 Å². The number of nitrogens with one attached hydrogen (secondary N) is 3. The van der Waals surface area contributed by atoms with Crippen molar-refractivity contribution in [2.24, 2.45) is 0 Å². The molecule has 0 fully saturated rings. The van der Waals surface area contributed by atoms with Crippen molar-refractivity contribution in [3.05, 3.63) is 59.9 Å². The van der Waals surface area contributed by atoms with Crippen LogP contribution in [0.5, 0.6) is 0 Å². The molecule has 0 aliphatic carbocycles. The van der Waals surface area contributed by atoms with Gasteiger partial charge in [0, 0.05) is 7.05 Å². The molecule has 0 bridgehead atoms. The molecule has 2 aromatic carbocycles. The Labute approximate surface area is 179 Å². The molecule has 2 heterocycles. The summed E-state index contributed by atoms with van der Waals surface area (Å²) < 4.78 is 33.3. The largest absolute Gasteiger partial charge is 0.453 e. The maximum absolute atomic E-state index is 13.1. The second-order valence-electron chi connectivity index (χ2n) is 6.97. The molecular weight excluding hydrogens is 420 g/mol. The van der Waals surface area contributed by atoms with E-state index in [4.69, 9.17) is 0 Å². The van der Waals surface area contributed by atoms with Gasteiger partial charge in [-0.05, 0) is 37.3 Å². The van der Waals surface area contributed by atoms with E-state index in [-0.39, 0.29) is 10.8 Å². The van der Waals surface area contributed by atoms with Crippen LogP contribution in [0.4, 0.5) is 16.4 Å². The van der Waals surface area contributed by atoms with Gasteiger partial charge < -0.3 is 9.72 Å². The average Bonchev–Trinajstić information content (AvgIpc) is 3.28. The molecule has 10 nitrogen and oxygen atoms in total. The van der Waals surface area contributed by atoms with Gasteiger partial charge in [0.2, 0.25) is 5.95 Å². The van der Waals surface area contributed by atoms with Crippen LogP contribution in [0, 0.1) is 0 Å². The summed E-state index contributed by atoms with van der Waals surface area (Å²) in [6, 6.07) is 14.2. The smallest absolute Gasteiger partial charge is 0.413 e. The summed E-state index contributed by atoms with van der Waals surface area (Å²) in [6.45, 7) is 2.26. The summed E-state index contributed by atoms with van der Waals surface area (Å²) in [5.74, 6) is 0.166. The second kappa shape index (κ2) is 7.84. The number of aromatic nitrogens is 2. The number of nitrogens with zero attached hydrogens (tertiary/aromatic N) is 3. The third-order valence-corrected chi connectivity index (χ3v) is 6.46. The number of carbonyl (C=O) groups excluding carboxylic acids is 1. The number of hydrogen-bond acceptors (Lipinski definition) is 7. The molecule has 0 spiro atoms. The number of imidazole rings is 1. The number of rotatable bonds is 5. The van der Waals surface area contributed by atoms with Crippen LogP contribution in [0.2, 0.25) is 0 Å². The number of carbonyl (C=O) groups is 1. The van der Waals surface area contributed by atoms with E-state index in [1.807, 2.05) is 54.3 Å². The highest BCUT2D eigenvalue weighted by atomic mass is 32.2. The highest BCUT2D eigenvalue weighted by molar-refractivity contribution is 7.89. The third kappa shape index (κ3) is 3.99. The quantitative estimate of drug-likeness (QED) is 0.556. The lowest BCUT2D eigenvalue weighted by Crippen LogP contribution is -2.34. The average molecular weight is 443 g/mol. The van der Waals surface area contributed by atoms with Crippen LogP contribution in [-0.2, 0) is 14.8 Å². The van der Waals surface area contributed by atoms with Gasteiger partial charge in [0.05, 0.1) is 46.7 Å². The maximum atomic E-state index is 13.1. The number of para-hydroxylation sites is 1. The van der Waals surface area contributed by atoms with Crippen molar-refractivity contribution in [3.8, 4) is 0 Å². The predicted octanol–water partition coefficient (Wildman–Crippen LogP) is 2.62. The lowest BCUT2D eigenvalue weighted by atomic mass is 10.3. The minimum absolute atomic E-state index is 0.0781. The van der Waals surface area contributed by atoms with Crippen LogP contribution in [0.3, 0.4) is 0 Å². The van der Waals surface area contributed by atoms with E-state index in [1.54, 1.807) is 6.07 Å². The van der Waals surface area contributed by atoms with Crippen LogP contribution >= 0.6 is 0 Å². The summed E-state index contributed by atoms with van der Waals surface area (Å²) in [4.78, 5) is 18.5. The van der Waals surface area contributed by atoms with Crippen LogP contribution in [-0.4, -0.2) is 50.2 Å². The monoisotopic (exact) mass is 442 g/mol. The molecule has 31 heavy (non-hydrogen) atoms. The lowest BCUT2D eigenvalue weighted by molar-refractivity contribution is 0.186. The van der Waals surface area contributed by atoms with E-state index in [9.17, 15) is 13.2 Å². The van der Waals surface area contributed by atoms with Gasteiger partial charge >= 0.3 is 6.09 Å². The maximum Gasteiger partial charge on any atom is 0.413 e. The number of H-pyrrole nitrogens is 1. The zero-order chi connectivity index (χ0) is 22.2. The molecule has 1 aromatic heterocycles. The van der Waals surface area contributed by atoms with Crippen molar-refractivity contribution in [2.75, 3.05) is 31.0 Å². The minimum Gasteiger partial charge on any atom is -0.453 e. The molecule has 1 aliphatic heterocycles.